The standard InChI is InChI=1S/C16H27N3O4/c1-15(2,3)13-10(9-19(7)18-13)11(8-12(20)21)17-14(22)23-16(4,5)6/h9,11H,8H2,1-7H3,(H,17,22)(H,20,21)/t11-/m1/s1. The minimum atomic E-state index is -1.00. The molecule has 0 saturated heterocycles. The van der Waals surface area contributed by atoms with Crippen LogP contribution < -0.4 is 5.32 Å². The number of alkyl carbamates (subject to hydrolysis) is 1. The van der Waals surface area contributed by atoms with Crippen LogP contribution in [0.25, 0.3) is 0 Å². The van der Waals surface area contributed by atoms with Gasteiger partial charge in [0.25, 0.3) is 0 Å². The second kappa shape index (κ2) is 6.60. The molecular weight excluding hydrogens is 298 g/mol. The van der Waals surface area contributed by atoms with Crippen LogP contribution in [0.5, 0.6) is 0 Å². The smallest absolute Gasteiger partial charge is 0.408 e. The van der Waals surface area contributed by atoms with Crippen molar-refractivity contribution in [2.24, 2.45) is 7.05 Å². The quantitative estimate of drug-likeness (QED) is 0.888. The molecule has 0 spiro atoms. The van der Waals surface area contributed by atoms with E-state index in [1.165, 1.54) is 0 Å². The molecule has 0 aliphatic rings. The van der Waals surface area contributed by atoms with Crippen LogP contribution in [0.2, 0.25) is 0 Å². The Morgan fingerprint density at radius 3 is 2.30 bits per heavy atom. The first kappa shape index (κ1) is 19.0. The van der Waals surface area contributed by atoms with Gasteiger partial charge < -0.3 is 15.2 Å². The Labute approximate surface area is 137 Å². The van der Waals surface area contributed by atoms with Gasteiger partial charge >= 0.3 is 12.1 Å². The number of hydrogen-bond donors (Lipinski definition) is 2. The minimum Gasteiger partial charge on any atom is -0.481 e. The molecule has 0 fully saturated rings. The zero-order valence-electron chi connectivity index (χ0n) is 14.9. The summed E-state index contributed by atoms with van der Waals surface area (Å²) in [4.78, 5) is 23.2. The number of aryl methyl sites for hydroxylation is 1. The Morgan fingerprint density at radius 1 is 1.30 bits per heavy atom. The number of nitrogens with one attached hydrogen (secondary N) is 1. The fourth-order valence-corrected chi connectivity index (χ4v) is 2.21. The van der Waals surface area contributed by atoms with Crippen LogP contribution in [0, 0.1) is 0 Å². The Bertz CT molecular complexity index is 579. The number of rotatable bonds is 4. The SMILES string of the molecule is Cn1cc([C@@H](CC(=O)O)NC(=O)OC(C)(C)C)c(C(C)(C)C)n1. The van der Waals surface area contributed by atoms with Crippen molar-refractivity contribution in [3.05, 3.63) is 17.5 Å². The third-order valence-corrected chi connectivity index (χ3v) is 3.01. The predicted octanol–water partition coefficient (Wildman–Crippen LogP) is 2.76. The van der Waals surface area contributed by atoms with Crippen LogP contribution >= 0.6 is 0 Å². The molecular formula is C16H27N3O4. The van der Waals surface area contributed by atoms with E-state index in [1.807, 2.05) is 20.8 Å². The van der Waals surface area contributed by atoms with Crippen LogP contribution in [0.4, 0.5) is 4.79 Å². The van der Waals surface area contributed by atoms with Gasteiger partial charge in [0.05, 0.1) is 18.2 Å². The lowest BCUT2D eigenvalue weighted by molar-refractivity contribution is -0.137. The van der Waals surface area contributed by atoms with Gasteiger partial charge in [0.2, 0.25) is 0 Å². The van der Waals surface area contributed by atoms with Crippen molar-refractivity contribution < 1.29 is 19.4 Å². The van der Waals surface area contributed by atoms with Crippen molar-refractivity contribution >= 4 is 12.1 Å². The summed E-state index contributed by atoms with van der Waals surface area (Å²) in [6.07, 6.45) is 0.854. The Morgan fingerprint density at radius 2 is 1.87 bits per heavy atom. The van der Waals surface area contributed by atoms with E-state index in [9.17, 15) is 14.7 Å². The molecule has 23 heavy (non-hydrogen) atoms. The summed E-state index contributed by atoms with van der Waals surface area (Å²) in [7, 11) is 1.77. The van der Waals surface area contributed by atoms with E-state index in [0.717, 1.165) is 5.69 Å². The summed E-state index contributed by atoms with van der Waals surface area (Å²) in [5.74, 6) is -1.00. The number of aliphatic carboxylic acids is 1. The van der Waals surface area contributed by atoms with Gasteiger partial charge in [-0.2, -0.15) is 5.10 Å². The van der Waals surface area contributed by atoms with Crippen LogP contribution in [-0.2, 0) is 22.0 Å². The number of carbonyl (C=O) groups excluding carboxylic acids is 1. The van der Waals surface area contributed by atoms with Gasteiger partial charge in [-0.05, 0) is 20.8 Å². The highest BCUT2D eigenvalue weighted by molar-refractivity contribution is 5.72. The van der Waals surface area contributed by atoms with Gasteiger partial charge in [-0.15, -0.1) is 0 Å². The lowest BCUT2D eigenvalue weighted by Crippen LogP contribution is -2.36. The average molecular weight is 325 g/mol. The average Bonchev–Trinajstić information content (AvgIpc) is 2.66. The van der Waals surface area contributed by atoms with E-state index in [0.29, 0.717) is 5.56 Å². The van der Waals surface area contributed by atoms with E-state index in [2.05, 4.69) is 10.4 Å². The Hall–Kier alpha value is -2.05. The van der Waals surface area contributed by atoms with Crippen molar-refractivity contribution in [2.75, 3.05) is 0 Å². The monoisotopic (exact) mass is 325 g/mol. The molecule has 0 saturated carbocycles. The molecule has 1 rings (SSSR count). The molecule has 1 atom stereocenters. The number of ether oxygens (including phenoxy) is 1. The van der Waals surface area contributed by atoms with Crippen molar-refractivity contribution in [3.8, 4) is 0 Å². The predicted molar refractivity (Wildman–Crippen MR) is 86.3 cm³/mol. The van der Waals surface area contributed by atoms with E-state index in [1.54, 1.807) is 38.7 Å². The lowest BCUT2D eigenvalue weighted by atomic mass is 9.87. The second-order valence-corrected chi connectivity index (χ2v) is 7.65. The van der Waals surface area contributed by atoms with Gasteiger partial charge in [0, 0.05) is 24.2 Å². The molecule has 0 unspecified atom stereocenters. The van der Waals surface area contributed by atoms with Crippen LogP contribution in [0.15, 0.2) is 6.20 Å². The number of aromatic nitrogens is 2. The zero-order chi connectivity index (χ0) is 18.0. The number of carbonyl (C=O) groups is 2. The van der Waals surface area contributed by atoms with Crippen LogP contribution in [-0.4, -0.2) is 32.6 Å². The lowest BCUT2D eigenvalue weighted by Gasteiger charge is -2.25. The van der Waals surface area contributed by atoms with E-state index < -0.39 is 23.7 Å². The first-order valence-electron chi connectivity index (χ1n) is 7.55. The zero-order valence-corrected chi connectivity index (χ0v) is 14.9. The van der Waals surface area contributed by atoms with Crippen LogP contribution in [0.3, 0.4) is 0 Å². The molecule has 0 aliphatic heterocycles. The summed E-state index contributed by atoms with van der Waals surface area (Å²) in [5.41, 5.74) is 0.512. The molecule has 0 radical (unpaired) electrons. The van der Waals surface area contributed by atoms with Crippen molar-refractivity contribution in [1.82, 2.24) is 15.1 Å². The third kappa shape index (κ3) is 5.92. The van der Waals surface area contributed by atoms with E-state index in [-0.39, 0.29) is 11.8 Å². The van der Waals surface area contributed by atoms with Crippen molar-refractivity contribution in [1.29, 1.82) is 0 Å². The van der Waals surface area contributed by atoms with E-state index in [4.69, 9.17) is 4.74 Å². The largest absolute Gasteiger partial charge is 0.481 e. The van der Waals surface area contributed by atoms with Gasteiger partial charge in [-0.3, -0.25) is 9.48 Å². The van der Waals surface area contributed by atoms with Gasteiger partial charge in [-0.25, -0.2) is 4.79 Å². The van der Waals surface area contributed by atoms with Gasteiger partial charge in [-0.1, -0.05) is 20.8 Å². The van der Waals surface area contributed by atoms with Crippen molar-refractivity contribution in [2.45, 2.75) is 65.0 Å². The molecule has 2 N–H and O–H groups in total. The Kier molecular flexibility index (Phi) is 5.45. The van der Waals surface area contributed by atoms with Gasteiger partial charge in [0.1, 0.15) is 5.60 Å². The molecule has 1 heterocycles. The molecule has 7 heteroatoms. The maximum Gasteiger partial charge on any atom is 0.408 e. The fraction of sp³-hybridized carbons (Fsp3) is 0.688. The maximum absolute atomic E-state index is 12.0. The molecule has 130 valence electrons. The fourth-order valence-electron chi connectivity index (χ4n) is 2.21. The molecule has 1 aromatic rings. The Balaban J connectivity index is 3.13. The molecule has 0 aromatic carbocycles. The molecule has 7 nitrogen and oxygen atoms in total. The topological polar surface area (TPSA) is 93.5 Å². The van der Waals surface area contributed by atoms with Gasteiger partial charge in [0.15, 0.2) is 0 Å². The highest BCUT2D eigenvalue weighted by Gasteiger charge is 2.30. The maximum atomic E-state index is 12.0. The number of hydrogen-bond acceptors (Lipinski definition) is 4. The normalized spacial score (nSPS) is 13.5. The first-order chi connectivity index (χ1) is 10.3. The summed E-state index contributed by atoms with van der Waals surface area (Å²) < 4.78 is 6.86. The first-order valence-corrected chi connectivity index (χ1v) is 7.55. The molecule has 0 aliphatic carbocycles. The highest BCUT2D eigenvalue weighted by atomic mass is 16.6. The third-order valence-electron chi connectivity index (χ3n) is 3.01. The van der Waals surface area contributed by atoms with Crippen LogP contribution in [0.1, 0.15) is 65.3 Å². The molecule has 0 bridgehead atoms. The number of carboxylic acids is 1. The molecule has 1 aromatic heterocycles. The number of amides is 1. The second-order valence-electron chi connectivity index (χ2n) is 7.65. The summed E-state index contributed by atoms with van der Waals surface area (Å²) in [6.45, 7) is 11.2. The molecule has 1 amide bonds. The van der Waals surface area contributed by atoms with Crippen molar-refractivity contribution in [3.63, 3.8) is 0 Å². The number of nitrogens with zero attached hydrogens (tertiary/aromatic N) is 2. The van der Waals surface area contributed by atoms with E-state index >= 15 is 0 Å². The number of carboxylic acid groups (broad SMARTS) is 1. The minimum absolute atomic E-state index is 0.242. The summed E-state index contributed by atoms with van der Waals surface area (Å²) in [5, 5.41) is 16.2. The summed E-state index contributed by atoms with van der Waals surface area (Å²) >= 11 is 0. The highest BCUT2D eigenvalue weighted by Crippen LogP contribution is 2.30. The summed E-state index contributed by atoms with van der Waals surface area (Å²) in [6, 6.07) is -0.703.